The van der Waals surface area contributed by atoms with Gasteiger partial charge >= 0.3 is 5.97 Å². The summed E-state index contributed by atoms with van der Waals surface area (Å²) in [5, 5.41) is 0. The molecular weight excluding hydrogens is 332 g/mol. The van der Waals surface area contributed by atoms with Crippen molar-refractivity contribution >= 4 is 11.9 Å². The molecule has 0 N–H and O–H groups in total. The number of hydrogen-bond donors (Lipinski definition) is 0. The van der Waals surface area contributed by atoms with E-state index in [-0.39, 0.29) is 18.3 Å². The number of rotatable bonds is 10. The van der Waals surface area contributed by atoms with Gasteiger partial charge in [-0.1, -0.05) is 24.3 Å². The molecule has 0 aliphatic carbocycles. The zero-order valence-corrected chi connectivity index (χ0v) is 15.0. The second kappa shape index (κ2) is 10.9. The molecule has 1 heterocycles. The molecule has 6 nitrogen and oxygen atoms in total. The van der Waals surface area contributed by atoms with Crippen LogP contribution in [-0.2, 0) is 20.9 Å². The maximum Gasteiger partial charge on any atom is 0.307 e. The highest BCUT2D eigenvalue weighted by Crippen LogP contribution is 2.10. The maximum absolute atomic E-state index is 12.6. The van der Waals surface area contributed by atoms with E-state index in [1.807, 2.05) is 48.5 Å². The number of methoxy groups -OCH3 is 1. The second-order valence-corrected chi connectivity index (χ2v) is 5.73. The van der Waals surface area contributed by atoms with E-state index in [0.717, 1.165) is 11.4 Å². The molecule has 0 aliphatic rings. The summed E-state index contributed by atoms with van der Waals surface area (Å²) in [4.78, 5) is 29.9. The SMILES string of the molecule is COC(=O)CCN(Cc1ccccn1)C(=O)CCCOc1ccccc1. The average molecular weight is 356 g/mol. The van der Waals surface area contributed by atoms with Crippen LogP contribution in [-0.4, -0.2) is 42.0 Å². The third-order valence-electron chi connectivity index (χ3n) is 3.79. The number of carbonyl (C=O) groups excluding carboxylic acids is 2. The fraction of sp³-hybridized carbons (Fsp3) is 0.350. The Hall–Kier alpha value is -2.89. The van der Waals surface area contributed by atoms with E-state index in [9.17, 15) is 9.59 Å². The van der Waals surface area contributed by atoms with Crippen LogP contribution in [0, 0.1) is 0 Å². The number of ether oxygens (including phenoxy) is 2. The lowest BCUT2D eigenvalue weighted by molar-refractivity contribution is -0.142. The molecule has 2 rings (SSSR count). The summed E-state index contributed by atoms with van der Waals surface area (Å²) in [5.41, 5.74) is 0.784. The Kier molecular flexibility index (Phi) is 8.12. The lowest BCUT2D eigenvalue weighted by Crippen LogP contribution is -2.33. The fourth-order valence-electron chi connectivity index (χ4n) is 2.40. The van der Waals surface area contributed by atoms with E-state index in [2.05, 4.69) is 9.72 Å². The Morgan fingerprint density at radius 2 is 1.81 bits per heavy atom. The van der Waals surface area contributed by atoms with E-state index in [0.29, 0.717) is 32.5 Å². The van der Waals surface area contributed by atoms with Gasteiger partial charge in [-0.15, -0.1) is 0 Å². The predicted octanol–water partition coefficient (Wildman–Crippen LogP) is 2.83. The molecule has 26 heavy (non-hydrogen) atoms. The number of carbonyl (C=O) groups is 2. The molecule has 0 unspecified atom stereocenters. The fourth-order valence-corrected chi connectivity index (χ4v) is 2.40. The van der Waals surface area contributed by atoms with Crippen molar-refractivity contribution in [2.24, 2.45) is 0 Å². The first-order chi connectivity index (χ1) is 12.7. The van der Waals surface area contributed by atoms with Gasteiger partial charge in [0.15, 0.2) is 0 Å². The first-order valence-corrected chi connectivity index (χ1v) is 8.61. The van der Waals surface area contributed by atoms with Crippen molar-refractivity contribution in [3.05, 3.63) is 60.4 Å². The molecule has 0 atom stereocenters. The molecule has 1 amide bonds. The van der Waals surface area contributed by atoms with Gasteiger partial charge in [0, 0.05) is 19.2 Å². The van der Waals surface area contributed by atoms with Crippen molar-refractivity contribution < 1.29 is 19.1 Å². The van der Waals surface area contributed by atoms with Gasteiger partial charge in [0.2, 0.25) is 5.91 Å². The van der Waals surface area contributed by atoms with E-state index in [1.54, 1.807) is 11.1 Å². The van der Waals surface area contributed by atoms with Crippen LogP contribution in [0.2, 0.25) is 0 Å². The summed E-state index contributed by atoms with van der Waals surface area (Å²) >= 11 is 0. The minimum atomic E-state index is -0.337. The number of aromatic nitrogens is 1. The summed E-state index contributed by atoms with van der Waals surface area (Å²) in [6.45, 7) is 1.14. The normalized spacial score (nSPS) is 10.2. The number of benzene rings is 1. The Morgan fingerprint density at radius 1 is 1.04 bits per heavy atom. The van der Waals surface area contributed by atoms with Crippen LogP contribution >= 0.6 is 0 Å². The second-order valence-electron chi connectivity index (χ2n) is 5.73. The van der Waals surface area contributed by atoms with Crippen molar-refractivity contribution in [2.75, 3.05) is 20.3 Å². The van der Waals surface area contributed by atoms with Gasteiger partial charge in [-0.05, 0) is 30.7 Å². The molecule has 1 aromatic carbocycles. The molecule has 6 heteroatoms. The quantitative estimate of drug-likeness (QED) is 0.484. The number of pyridine rings is 1. The number of esters is 1. The molecule has 138 valence electrons. The molecule has 0 aliphatic heterocycles. The highest BCUT2D eigenvalue weighted by atomic mass is 16.5. The molecule has 1 aromatic heterocycles. The highest BCUT2D eigenvalue weighted by Gasteiger charge is 2.16. The molecule has 0 bridgehead atoms. The van der Waals surface area contributed by atoms with E-state index in [1.165, 1.54) is 7.11 Å². The Bertz CT molecular complexity index is 677. The van der Waals surface area contributed by atoms with Gasteiger partial charge in [-0.2, -0.15) is 0 Å². The van der Waals surface area contributed by atoms with E-state index in [4.69, 9.17) is 4.74 Å². The zero-order valence-electron chi connectivity index (χ0n) is 15.0. The first-order valence-electron chi connectivity index (χ1n) is 8.61. The maximum atomic E-state index is 12.6. The summed E-state index contributed by atoms with van der Waals surface area (Å²) in [6.07, 6.45) is 2.80. The van der Waals surface area contributed by atoms with Crippen molar-refractivity contribution in [3.8, 4) is 5.75 Å². The number of nitrogens with zero attached hydrogens (tertiary/aromatic N) is 2. The Morgan fingerprint density at radius 3 is 2.50 bits per heavy atom. The van der Waals surface area contributed by atoms with Crippen molar-refractivity contribution in [2.45, 2.75) is 25.8 Å². The smallest absolute Gasteiger partial charge is 0.307 e. The lowest BCUT2D eigenvalue weighted by atomic mass is 10.2. The third kappa shape index (κ3) is 6.93. The summed E-state index contributed by atoms with van der Waals surface area (Å²) < 4.78 is 10.3. The Labute approximate surface area is 153 Å². The molecule has 0 radical (unpaired) electrons. The molecule has 0 spiro atoms. The van der Waals surface area contributed by atoms with Gasteiger partial charge in [0.25, 0.3) is 0 Å². The van der Waals surface area contributed by atoms with Crippen molar-refractivity contribution in [1.82, 2.24) is 9.88 Å². The molecule has 0 saturated carbocycles. The van der Waals surface area contributed by atoms with E-state index >= 15 is 0 Å². The topological polar surface area (TPSA) is 68.7 Å². The number of para-hydroxylation sites is 1. The number of amides is 1. The van der Waals surface area contributed by atoms with Gasteiger partial charge in [0.05, 0.1) is 32.4 Å². The summed E-state index contributed by atoms with van der Waals surface area (Å²) in [5.74, 6) is 0.420. The minimum absolute atomic E-state index is 0.0313. The van der Waals surface area contributed by atoms with Crippen LogP contribution < -0.4 is 4.74 Å². The lowest BCUT2D eigenvalue weighted by Gasteiger charge is -2.22. The van der Waals surface area contributed by atoms with Gasteiger partial charge in [-0.3, -0.25) is 14.6 Å². The molecule has 0 fully saturated rings. The van der Waals surface area contributed by atoms with Gasteiger partial charge < -0.3 is 14.4 Å². The standard InChI is InChI=1S/C20H24N2O4/c1-25-20(24)12-14-22(16-17-8-5-6-13-21-17)19(23)11-7-15-26-18-9-3-2-4-10-18/h2-6,8-10,13H,7,11-12,14-16H2,1H3. The van der Waals surface area contributed by atoms with Crippen LogP contribution in [0.25, 0.3) is 0 Å². The highest BCUT2D eigenvalue weighted by molar-refractivity contribution is 5.77. The average Bonchev–Trinajstić information content (AvgIpc) is 2.69. The monoisotopic (exact) mass is 356 g/mol. The minimum Gasteiger partial charge on any atom is -0.494 e. The molecule has 0 saturated heterocycles. The zero-order chi connectivity index (χ0) is 18.6. The van der Waals surface area contributed by atoms with Crippen LogP contribution in [0.5, 0.6) is 5.75 Å². The molecule has 2 aromatic rings. The number of hydrogen-bond acceptors (Lipinski definition) is 5. The molecular formula is C20H24N2O4. The van der Waals surface area contributed by atoms with Crippen LogP contribution in [0.4, 0.5) is 0 Å². The van der Waals surface area contributed by atoms with Crippen LogP contribution in [0.15, 0.2) is 54.7 Å². The summed E-state index contributed by atoms with van der Waals surface area (Å²) in [6, 6.07) is 15.1. The largest absolute Gasteiger partial charge is 0.494 e. The Balaban J connectivity index is 1.84. The predicted molar refractivity (Wildman–Crippen MR) is 97.5 cm³/mol. The van der Waals surface area contributed by atoms with Gasteiger partial charge in [0.1, 0.15) is 5.75 Å². The third-order valence-corrected chi connectivity index (χ3v) is 3.79. The summed E-state index contributed by atoms with van der Waals surface area (Å²) in [7, 11) is 1.34. The van der Waals surface area contributed by atoms with Crippen molar-refractivity contribution in [3.63, 3.8) is 0 Å². The van der Waals surface area contributed by atoms with E-state index < -0.39 is 0 Å². The first kappa shape index (κ1) is 19.4. The van der Waals surface area contributed by atoms with Gasteiger partial charge in [-0.25, -0.2) is 0 Å². The van der Waals surface area contributed by atoms with Crippen LogP contribution in [0.1, 0.15) is 25.0 Å². The van der Waals surface area contributed by atoms with Crippen LogP contribution in [0.3, 0.4) is 0 Å². The van der Waals surface area contributed by atoms with Crippen molar-refractivity contribution in [1.29, 1.82) is 0 Å².